The first-order valence-corrected chi connectivity index (χ1v) is 11.2. The Balaban J connectivity index is 1.56. The smallest absolute Gasteiger partial charge is 0.262 e. The van der Waals surface area contributed by atoms with Crippen molar-refractivity contribution >= 4 is 39.0 Å². The lowest BCUT2D eigenvalue weighted by molar-refractivity contribution is 0.457. The second-order valence-corrected chi connectivity index (χ2v) is 8.77. The van der Waals surface area contributed by atoms with Crippen molar-refractivity contribution in [2.75, 3.05) is 0 Å². The van der Waals surface area contributed by atoms with Crippen LogP contribution < -0.4 is 11.1 Å². The third-order valence-corrected chi connectivity index (χ3v) is 6.91. The number of benzene rings is 1. The lowest BCUT2D eigenvalue weighted by atomic mass is 10.2. The lowest BCUT2D eigenvalue weighted by Gasteiger charge is -2.18. The van der Waals surface area contributed by atoms with E-state index in [1.165, 1.54) is 23.1 Å². The molecule has 0 unspecified atom stereocenters. The van der Waals surface area contributed by atoms with Gasteiger partial charge in [0.25, 0.3) is 11.1 Å². The van der Waals surface area contributed by atoms with Gasteiger partial charge in [-0.3, -0.25) is 18.6 Å². The fourth-order valence-electron chi connectivity index (χ4n) is 3.81. The van der Waals surface area contributed by atoms with Gasteiger partial charge in [0, 0.05) is 29.4 Å². The minimum absolute atomic E-state index is 0.0294. The maximum atomic E-state index is 13.2. The van der Waals surface area contributed by atoms with Gasteiger partial charge in [0.2, 0.25) is 0 Å². The van der Waals surface area contributed by atoms with E-state index in [1.54, 1.807) is 16.7 Å². The molecular weight excluding hydrogens is 392 g/mol. The Bertz CT molecular complexity index is 1280. The van der Waals surface area contributed by atoms with Crippen molar-refractivity contribution in [3.63, 3.8) is 0 Å². The number of para-hydroxylation sites is 1. The minimum Gasteiger partial charge on any atom is -0.284 e. The average molecular weight is 411 g/mol. The molecule has 0 bridgehead atoms. The van der Waals surface area contributed by atoms with Gasteiger partial charge in [-0.1, -0.05) is 36.7 Å². The Morgan fingerprint density at radius 2 is 1.96 bits per heavy atom. The highest BCUT2D eigenvalue weighted by Gasteiger charge is 2.23. The molecule has 1 aliphatic carbocycles. The van der Waals surface area contributed by atoms with Crippen molar-refractivity contribution in [1.29, 1.82) is 0 Å². The molecule has 142 valence electrons. The highest BCUT2D eigenvalue weighted by Crippen LogP contribution is 2.32. The summed E-state index contributed by atoms with van der Waals surface area (Å²) in [7, 11) is 0. The maximum Gasteiger partial charge on any atom is 0.262 e. The molecule has 0 atom stereocenters. The summed E-state index contributed by atoms with van der Waals surface area (Å²) >= 11 is 2.92. The number of thioether (sulfide) groups is 1. The SMILES string of the molecule is O=c1c2ccccc2nc(SCc2cc(=O)n3ccsc3n2)n1C1CCCC1. The standard InChI is InChI=1S/C20H18N4O2S2/c25-17-11-13(21-19-23(17)9-10-27-19)12-28-20-22-16-8-4-3-7-15(16)18(26)24(20)14-5-1-2-6-14/h3-4,7-11,14H,1-2,5-6,12H2. The van der Waals surface area contributed by atoms with E-state index in [2.05, 4.69) is 4.98 Å². The van der Waals surface area contributed by atoms with Crippen LogP contribution in [0.3, 0.4) is 0 Å². The van der Waals surface area contributed by atoms with Crippen LogP contribution in [0.15, 0.2) is 56.7 Å². The molecule has 0 saturated heterocycles. The molecule has 1 fully saturated rings. The van der Waals surface area contributed by atoms with E-state index in [1.807, 2.05) is 34.2 Å². The van der Waals surface area contributed by atoms with Crippen LogP contribution >= 0.6 is 23.1 Å². The third-order valence-electron chi connectivity index (χ3n) is 5.17. The Morgan fingerprint density at radius 3 is 2.82 bits per heavy atom. The normalized spacial score (nSPS) is 15.0. The monoisotopic (exact) mass is 410 g/mol. The number of fused-ring (bicyclic) bond motifs is 2. The molecule has 4 aromatic rings. The Kier molecular flexibility index (Phi) is 4.52. The van der Waals surface area contributed by atoms with E-state index < -0.39 is 0 Å². The second kappa shape index (κ2) is 7.18. The molecule has 1 saturated carbocycles. The van der Waals surface area contributed by atoms with Crippen molar-refractivity contribution in [3.05, 3.63) is 68.3 Å². The van der Waals surface area contributed by atoms with Crippen LogP contribution in [0.1, 0.15) is 37.4 Å². The molecule has 5 rings (SSSR count). The minimum atomic E-state index is -0.0819. The second-order valence-electron chi connectivity index (χ2n) is 6.95. The summed E-state index contributed by atoms with van der Waals surface area (Å²) < 4.78 is 3.41. The molecule has 0 radical (unpaired) electrons. The van der Waals surface area contributed by atoms with Crippen LogP contribution in [0, 0.1) is 0 Å². The molecule has 0 aliphatic heterocycles. The molecule has 0 N–H and O–H groups in total. The number of nitrogens with zero attached hydrogens (tertiary/aromatic N) is 4. The first-order chi connectivity index (χ1) is 13.7. The van der Waals surface area contributed by atoms with Crippen molar-refractivity contribution in [3.8, 4) is 0 Å². The van der Waals surface area contributed by atoms with Crippen molar-refractivity contribution in [2.45, 2.75) is 42.6 Å². The predicted octanol–water partition coefficient (Wildman–Crippen LogP) is 3.87. The molecule has 28 heavy (non-hydrogen) atoms. The predicted molar refractivity (Wildman–Crippen MR) is 112 cm³/mol. The highest BCUT2D eigenvalue weighted by atomic mass is 32.2. The molecule has 8 heteroatoms. The zero-order chi connectivity index (χ0) is 19.1. The van der Waals surface area contributed by atoms with E-state index in [0.717, 1.165) is 25.7 Å². The Morgan fingerprint density at radius 1 is 1.14 bits per heavy atom. The van der Waals surface area contributed by atoms with Crippen LogP contribution in [0.4, 0.5) is 0 Å². The van der Waals surface area contributed by atoms with Crippen molar-refractivity contribution < 1.29 is 0 Å². The maximum absolute atomic E-state index is 13.2. The Labute approximate surface area is 168 Å². The van der Waals surface area contributed by atoms with Gasteiger partial charge < -0.3 is 0 Å². The molecule has 3 heterocycles. The van der Waals surface area contributed by atoms with Gasteiger partial charge in [-0.15, -0.1) is 11.3 Å². The van der Waals surface area contributed by atoms with Gasteiger partial charge in [-0.05, 0) is 25.0 Å². The largest absolute Gasteiger partial charge is 0.284 e. The van der Waals surface area contributed by atoms with Crippen LogP contribution in [0.25, 0.3) is 15.9 Å². The van der Waals surface area contributed by atoms with E-state index in [4.69, 9.17) is 4.98 Å². The van der Waals surface area contributed by atoms with Gasteiger partial charge in [-0.2, -0.15) is 0 Å². The molecule has 0 spiro atoms. The first-order valence-electron chi connectivity index (χ1n) is 9.30. The molecule has 1 aliphatic rings. The molecule has 3 aromatic heterocycles. The number of hydrogen-bond acceptors (Lipinski definition) is 6. The van der Waals surface area contributed by atoms with Crippen molar-refractivity contribution in [1.82, 2.24) is 18.9 Å². The van der Waals surface area contributed by atoms with Crippen LogP contribution in [-0.2, 0) is 5.75 Å². The number of thiazole rings is 1. The highest BCUT2D eigenvalue weighted by molar-refractivity contribution is 7.98. The molecule has 1 aromatic carbocycles. The van der Waals surface area contributed by atoms with Gasteiger partial charge >= 0.3 is 0 Å². The van der Waals surface area contributed by atoms with E-state index in [0.29, 0.717) is 32.5 Å². The number of hydrogen-bond donors (Lipinski definition) is 0. The van der Waals surface area contributed by atoms with Gasteiger partial charge in [0.15, 0.2) is 10.1 Å². The zero-order valence-corrected chi connectivity index (χ0v) is 16.7. The summed E-state index contributed by atoms with van der Waals surface area (Å²) in [5.41, 5.74) is 1.37. The first kappa shape index (κ1) is 17.6. The van der Waals surface area contributed by atoms with E-state index in [-0.39, 0.29) is 17.2 Å². The molecular formula is C20H18N4O2S2. The third kappa shape index (κ3) is 3.06. The van der Waals surface area contributed by atoms with E-state index >= 15 is 0 Å². The summed E-state index contributed by atoms with van der Waals surface area (Å²) in [6, 6.07) is 9.26. The topological polar surface area (TPSA) is 69.3 Å². The Hall–Kier alpha value is -2.45. The van der Waals surface area contributed by atoms with Gasteiger partial charge in [0.05, 0.1) is 16.6 Å². The average Bonchev–Trinajstić information content (AvgIpc) is 3.38. The van der Waals surface area contributed by atoms with Crippen molar-refractivity contribution in [2.24, 2.45) is 0 Å². The quantitative estimate of drug-likeness (QED) is 0.377. The summed E-state index contributed by atoms with van der Waals surface area (Å²) in [5, 5.41) is 3.22. The summed E-state index contributed by atoms with van der Waals surface area (Å²) in [4.78, 5) is 35.5. The number of aromatic nitrogens is 4. The lowest BCUT2D eigenvalue weighted by Crippen LogP contribution is -2.26. The summed E-state index contributed by atoms with van der Waals surface area (Å²) in [5.74, 6) is 0.501. The molecule has 6 nitrogen and oxygen atoms in total. The molecule has 0 amide bonds. The van der Waals surface area contributed by atoms with Gasteiger partial charge in [-0.25, -0.2) is 9.97 Å². The van der Waals surface area contributed by atoms with Crippen LogP contribution in [0.2, 0.25) is 0 Å². The van der Waals surface area contributed by atoms with E-state index in [9.17, 15) is 9.59 Å². The van der Waals surface area contributed by atoms with Crippen LogP contribution in [0.5, 0.6) is 0 Å². The summed E-state index contributed by atoms with van der Waals surface area (Å²) in [6.07, 6.45) is 6.03. The number of rotatable bonds is 4. The van der Waals surface area contributed by atoms with Gasteiger partial charge in [0.1, 0.15) is 0 Å². The van der Waals surface area contributed by atoms with Crippen LogP contribution in [-0.4, -0.2) is 18.9 Å². The fourth-order valence-corrected chi connectivity index (χ4v) is 5.51. The summed E-state index contributed by atoms with van der Waals surface area (Å²) in [6.45, 7) is 0. The zero-order valence-electron chi connectivity index (χ0n) is 15.1. The fraction of sp³-hybridized carbons (Fsp3) is 0.300.